The van der Waals surface area contributed by atoms with Crippen LogP contribution in [-0.4, -0.2) is 15.0 Å². The van der Waals surface area contributed by atoms with Crippen molar-refractivity contribution in [1.82, 2.24) is 15.0 Å². The van der Waals surface area contributed by atoms with Gasteiger partial charge in [0.15, 0.2) is 0 Å². The van der Waals surface area contributed by atoms with E-state index >= 15 is 0 Å². The largest absolute Gasteiger partial charge is 0.366 e. The number of nitrogens with zero attached hydrogens (tertiary/aromatic N) is 3. The van der Waals surface area contributed by atoms with Gasteiger partial charge in [-0.2, -0.15) is 4.98 Å². The van der Waals surface area contributed by atoms with Crippen molar-refractivity contribution in [3.05, 3.63) is 72.2 Å². The Labute approximate surface area is 142 Å². The molecule has 0 radical (unpaired) electrons. The van der Waals surface area contributed by atoms with Gasteiger partial charge in [-0.1, -0.05) is 38.1 Å². The minimum Gasteiger partial charge on any atom is -0.366 e. The van der Waals surface area contributed by atoms with Crippen LogP contribution in [0, 0.1) is 0 Å². The molecular weight excluding hydrogens is 298 g/mol. The number of hydrogen-bond donors (Lipinski definition) is 2. The fraction of sp³-hybridized carbons (Fsp3) is 0.211. The summed E-state index contributed by atoms with van der Waals surface area (Å²) in [6.07, 6.45) is 5.35. The highest BCUT2D eigenvalue weighted by molar-refractivity contribution is 5.60. The van der Waals surface area contributed by atoms with Gasteiger partial charge in [0.1, 0.15) is 5.82 Å². The number of para-hydroxylation sites is 1. The molecule has 0 aliphatic rings. The van der Waals surface area contributed by atoms with E-state index in [1.54, 1.807) is 12.4 Å². The number of rotatable bonds is 6. The molecule has 0 bridgehead atoms. The summed E-state index contributed by atoms with van der Waals surface area (Å²) in [4.78, 5) is 13.0. The molecule has 24 heavy (non-hydrogen) atoms. The van der Waals surface area contributed by atoms with Gasteiger partial charge in [-0.3, -0.25) is 4.98 Å². The van der Waals surface area contributed by atoms with E-state index < -0.39 is 0 Å². The molecule has 0 amide bonds. The zero-order valence-corrected chi connectivity index (χ0v) is 13.9. The number of anilines is 3. The van der Waals surface area contributed by atoms with Gasteiger partial charge in [0.25, 0.3) is 0 Å². The van der Waals surface area contributed by atoms with Crippen LogP contribution < -0.4 is 10.6 Å². The second kappa shape index (κ2) is 7.55. The van der Waals surface area contributed by atoms with E-state index in [1.165, 1.54) is 5.56 Å². The Balaban J connectivity index is 1.72. The maximum absolute atomic E-state index is 4.53. The number of benzene rings is 1. The Morgan fingerprint density at radius 3 is 2.67 bits per heavy atom. The molecule has 0 saturated heterocycles. The highest BCUT2D eigenvalue weighted by atomic mass is 15.1. The van der Waals surface area contributed by atoms with Crippen molar-refractivity contribution >= 4 is 17.5 Å². The zero-order valence-electron chi connectivity index (χ0n) is 13.9. The van der Waals surface area contributed by atoms with Gasteiger partial charge in [-0.15, -0.1) is 0 Å². The first-order valence-electron chi connectivity index (χ1n) is 8.04. The monoisotopic (exact) mass is 319 g/mol. The molecular formula is C19H21N5. The van der Waals surface area contributed by atoms with Gasteiger partial charge in [-0.05, 0) is 35.2 Å². The average molecular weight is 319 g/mol. The molecule has 2 heterocycles. The summed E-state index contributed by atoms with van der Waals surface area (Å²) in [5.41, 5.74) is 3.39. The molecule has 0 saturated carbocycles. The third kappa shape index (κ3) is 4.07. The molecule has 0 aliphatic heterocycles. The van der Waals surface area contributed by atoms with E-state index in [0.29, 0.717) is 18.4 Å². The predicted molar refractivity (Wildman–Crippen MR) is 97.4 cm³/mol. The van der Waals surface area contributed by atoms with Gasteiger partial charge < -0.3 is 10.6 Å². The summed E-state index contributed by atoms with van der Waals surface area (Å²) in [6.45, 7) is 5.02. The lowest BCUT2D eigenvalue weighted by molar-refractivity contribution is 0.868. The van der Waals surface area contributed by atoms with Crippen LogP contribution in [0.1, 0.15) is 30.9 Å². The average Bonchev–Trinajstić information content (AvgIpc) is 2.61. The van der Waals surface area contributed by atoms with Crippen molar-refractivity contribution in [2.45, 2.75) is 26.3 Å². The molecule has 5 nitrogen and oxygen atoms in total. The molecule has 122 valence electrons. The molecule has 2 aromatic heterocycles. The molecule has 0 fully saturated rings. The third-order valence-corrected chi connectivity index (χ3v) is 3.68. The fourth-order valence-corrected chi connectivity index (χ4v) is 2.45. The first-order chi connectivity index (χ1) is 11.7. The Hall–Kier alpha value is -2.95. The summed E-state index contributed by atoms with van der Waals surface area (Å²) in [5.74, 6) is 1.79. The summed E-state index contributed by atoms with van der Waals surface area (Å²) >= 11 is 0. The first kappa shape index (κ1) is 15.9. The number of pyridine rings is 1. The fourth-order valence-electron chi connectivity index (χ4n) is 2.45. The van der Waals surface area contributed by atoms with E-state index in [4.69, 9.17) is 0 Å². The van der Waals surface area contributed by atoms with E-state index in [0.717, 1.165) is 17.1 Å². The Kier molecular flexibility index (Phi) is 5.01. The summed E-state index contributed by atoms with van der Waals surface area (Å²) in [6, 6.07) is 14.0. The lowest BCUT2D eigenvalue weighted by atomic mass is 10.0. The molecule has 3 aromatic rings. The van der Waals surface area contributed by atoms with Crippen LogP contribution in [0.25, 0.3) is 0 Å². The number of hydrogen-bond acceptors (Lipinski definition) is 5. The number of aromatic nitrogens is 3. The smallest absolute Gasteiger partial charge is 0.229 e. The van der Waals surface area contributed by atoms with Crippen LogP contribution in [0.5, 0.6) is 0 Å². The number of nitrogens with one attached hydrogen (secondary N) is 2. The summed E-state index contributed by atoms with van der Waals surface area (Å²) < 4.78 is 0. The Morgan fingerprint density at radius 2 is 1.88 bits per heavy atom. The van der Waals surface area contributed by atoms with Crippen molar-refractivity contribution in [2.24, 2.45) is 0 Å². The Morgan fingerprint density at radius 1 is 1.00 bits per heavy atom. The minimum absolute atomic E-state index is 0.431. The van der Waals surface area contributed by atoms with E-state index in [-0.39, 0.29) is 0 Å². The van der Waals surface area contributed by atoms with Crippen LogP contribution in [0.2, 0.25) is 0 Å². The molecule has 0 atom stereocenters. The molecule has 0 aliphatic carbocycles. The standard InChI is InChI=1S/C19H21N5/c1-14(2)16-7-3-4-8-17(16)23-19-21-11-9-18(24-19)22-13-15-6-5-10-20-12-15/h3-12,14H,13H2,1-2H3,(H2,21,22,23,24). The molecule has 2 N–H and O–H groups in total. The topological polar surface area (TPSA) is 62.7 Å². The predicted octanol–water partition coefficient (Wildman–Crippen LogP) is 4.35. The maximum Gasteiger partial charge on any atom is 0.229 e. The van der Waals surface area contributed by atoms with Crippen LogP contribution in [-0.2, 0) is 6.54 Å². The van der Waals surface area contributed by atoms with Gasteiger partial charge in [0, 0.05) is 30.8 Å². The quantitative estimate of drug-likeness (QED) is 0.707. The highest BCUT2D eigenvalue weighted by Crippen LogP contribution is 2.25. The van der Waals surface area contributed by atoms with Crippen molar-refractivity contribution in [2.75, 3.05) is 10.6 Å². The summed E-state index contributed by atoms with van der Waals surface area (Å²) in [5, 5.41) is 6.61. The van der Waals surface area contributed by atoms with Crippen molar-refractivity contribution in [3.8, 4) is 0 Å². The van der Waals surface area contributed by atoms with Crippen LogP contribution in [0.15, 0.2) is 61.1 Å². The van der Waals surface area contributed by atoms with Crippen molar-refractivity contribution in [3.63, 3.8) is 0 Å². The van der Waals surface area contributed by atoms with Crippen molar-refractivity contribution in [1.29, 1.82) is 0 Å². The van der Waals surface area contributed by atoms with Gasteiger partial charge in [0.05, 0.1) is 0 Å². The van der Waals surface area contributed by atoms with E-state index in [1.807, 2.05) is 36.5 Å². The third-order valence-electron chi connectivity index (χ3n) is 3.68. The second-order valence-electron chi connectivity index (χ2n) is 5.85. The van der Waals surface area contributed by atoms with Crippen molar-refractivity contribution < 1.29 is 0 Å². The van der Waals surface area contributed by atoms with E-state index in [9.17, 15) is 0 Å². The van der Waals surface area contributed by atoms with Gasteiger partial charge >= 0.3 is 0 Å². The first-order valence-corrected chi connectivity index (χ1v) is 8.04. The van der Waals surface area contributed by atoms with Gasteiger partial charge in [-0.25, -0.2) is 4.98 Å². The molecule has 5 heteroatoms. The SMILES string of the molecule is CC(C)c1ccccc1Nc1nccc(NCc2cccnc2)n1. The molecule has 0 unspecified atom stereocenters. The second-order valence-corrected chi connectivity index (χ2v) is 5.85. The molecule has 3 rings (SSSR count). The molecule has 0 spiro atoms. The van der Waals surface area contributed by atoms with E-state index in [2.05, 4.69) is 51.6 Å². The lowest BCUT2D eigenvalue weighted by Gasteiger charge is -2.14. The summed E-state index contributed by atoms with van der Waals surface area (Å²) in [7, 11) is 0. The van der Waals surface area contributed by atoms with Crippen LogP contribution >= 0.6 is 0 Å². The van der Waals surface area contributed by atoms with Crippen LogP contribution in [0.4, 0.5) is 17.5 Å². The molecule has 1 aromatic carbocycles. The lowest BCUT2D eigenvalue weighted by Crippen LogP contribution is -2.05. The highest BCUT2D eigenvalue weighted by Gasteiger charge is 2.07. The van der Waals surface area contributed by atoms with Crippen LogP contribution in [0.3, 0.4) is 0 Å². The Bertz CT molecular complexity index is 787. The normalized spacial score (nSPS) is 10.6. The maximum atomic E-state index is 4.53. The minimum atomic E-state index is 0.431. The van der Waals surface area contributed by atoms with Gasteiger partial charge in [0.2, 0.25) is 5.95 Å². The zero-order chi connectivity index (χ0) is 16.8.